The molecule has 0 aliphatic heterocycles. The molecular weight excluding hydrogens is 346 g/mol. The first-order valence-corrected chi connectivity index (χ1v) is 8.83. The Morgan fingerprint density at radius 2 is 1.85 bits per heavy atom. The molecule has 0 aliphatic rings. The van der Waals surface area contributed by atoms with Crippen molar-refractivity contribution >= 4 is 16.7 Å². The summed E-state index contributed by atoms with van der Waals surface area (Å²) in [5, 5.41) is 11.1. The van der Waals surface area contributed by atoms with Gasteiger partial charge in [-0.2, -0.15) is 0 Å². The largest absolute Gasteiger partial charge is 0.484 e. The Balaban J connectivity index is 1.48. The molecule has 3 aromatic rings. The summed E-state index contributed by atoms with van der Waals surface area (Å²) < 4.78 is 13.2. The van der Waals surface area contributed by atoms with Gasteiger partial charge in [0.2, 0.25) is 0 Å². The minimum Gasteiger partial charge on any atom is -0.484 e. The molecule has 7 nitrogen and oxygen atoms in total. The van der Waals surface area contributed by atoms with Crippen LogP contribution in [0.5, 0.6) is 5.75 Å². The third-order valence-electron chi connectivity index (χ3n) is 4.51. The van der Waals surface area contributed by atoms with Gasteiger partial charge in [0.05, 0.1) is 35.5 Å². The van der Waals surface area contributed by atoms with E-state index in [0.717, 1.165) is 16.6 Å². The van der Waals surface area contributed by atoms with Gasteiger partial charge in [-0.15, -0.1) is 0 Å². The highest BCUT2D eigenvalue weighted by Gasteiger charge is 2.14. The maximum atomic E-state index is 11.1. The zero-order valence-electron chi connectivity index (χ0n) is 15.8. The average Bonchev–Trinajstić information content (AvgIpc) is 3.01. The topological polar surface area (TPSA) is 79.4 Å². The highest BCUT2D eigenvalue weighted by molar-refractivity contribution is 5.77. The van der Waals surface area contributed by atoms with E-state index in [2.05, 4.69) is 35.5 Å². The average molecular weight is 369 g/mol. The third kappa shape index (κ3) is 4.43. The highest BCUT2D eigenvalue weighted by atomic mass is 16.6. The number of hydrogen-bond acceptors (Lipinski definition) is 5. The SMILES string of the molecule is Cc1ccc(OCCOCCn2cnc3cc(C)c(C)cc32)c([N+](=O)[O-])c1. The Morgan fingerprint density at radius 3 is 2.63 bits per heavy atom. The minimum absolute atomic E-state index is 0.0226. The molecule has 27 heavy (non-hydrogen) atoms. The fourth-order valence-electron chi connectivity index (χ4n) is 2.86. The number of nitrogens with zero attached hydrogens (tertiary/aromatic N) is 3. The van der Waals surface area contributed by atoms with Crippen molar-refractivity contribution in [2.24, 2.45) is 0 Å². The lowest BCUT2D eigenvalue weighted by Crippen LogP contribution is -2.11. The van der Waals surface area contributed by atoms with E-state index in [1.54, 1.807) is 12.1 Å². The molecule has 1 aromatic heterocycles. The van der Waals surface area contributed by atoms with Gasteiger partial charge in [-0.25, -0.2) is 4.98 Å². The van der Waals surface area contributed by atoms with E-state index in [-0.39, 0.29) is 18.0 Å². The maximum absolute atomic E-state index is 11.1. The zero-order chi connectivity index (χ0) is 19.4. The van der Waals surface area contributed by atoms with Crippen LogP contribution in [0.25, 0.3) is 11.0 Å². The first-order chi connectivity index (χ1) is 13.0. The Labute approximate surface area is 157 Å². The molecule has 0 bridgehead atoms. The summed E-state index contributed by atoms with van der Waals surface area (Å²) >= 11 is 0. The number of benzene rings is 2. The van der Waals surface area contributed by atoms with E-state index < -0.39 is 4.92 Å². The molecule has 3 rings (SSSR count). The number of aromatic nitrogens is 2. The van der Waals surface area contributed by atoms with Crippen molar-refractivity contribution in [3.05, 3.63) is 63.5 Å². The summed E-state index contributed by atoms with van der Waals surface area (Å²) in [6, 6.07) is 9.14. The Morgan fingerprint density at radius 1 is 1.07 bits per heavy atom. The lowest BCUT2D eigenvalue weighted by molar-refractivity contribution is -0.385. The standard InChI is InChI=1S/C20H23N3O4/c1-14-4-5-20(19(10-14)23(24)25)27-9-8-26-7-6-22-13-21-17-11-15(2)16(3)12-18(17)22/h4-5,10-13H,6-9H2,1-3H3. The quantitative estimate of drug-likeness (QED) is 0.341. The molecule has 0 spiro atoms. The van der Waals surface area contributed by atoms with Crippen LogP contribution >= 0.6 is 0 Å². The summed E-state index contributed by atoms with van der Waals surface area (Å²) in [6.07, 6.45) is 1.82. The molecular formula is C20H23N3O4. The number of rotatable bonds is 8. The predicted molar refractivity (Wildman–Crippen MR) is 103 cm³/mol. The second-order valence-corrected chi connectivity index (χ2v) is 6.55. The summed E-state index contributed by atoms with van der Waals surface area (Å²) in [7, 11) is 0. The lowest BCUT2D eigenvalue weighted by atomic mass is 10.1. The lowest BCUT2D eigenvalue weighted by Gasteiger charge is -2.09. The number of hydrogen-bond donors (Lipinski definition) is 0. The molecule has 7 heteroatoms. The molecule has 0 radical (unpaired) electrons. The van der Waals surface area contributed by atoms with Crippen LogP contribution in [0.3, 0.4) is 0 Å². The van der Waals surface area contributed by atoms with Crippen LogP contribution in [0.15, 0.2) is 36.7 Å². The number of ether oxygens (including phenoxy) is 2. The minimum atomic E-state index is -0.433. The van der Waals surface area contributed by atoms with E-state index in [9.17, 15) is 10.1 Å². The molecule has 0 amide bonds. The van der Waals surface area contributed by atoms with Gasteiger partial charge in [0.15, 0.2) is 5.75 Å². The maximum Gasteiger partial charge on any atom is 0.311 e. The molecule has 0 fully saturated rings. The van der Waals surface area contributed by atoms with Gasteiger partial charge in [-0.05, 0) is 55.7 Å². The number of fused-ring (bicyclic) bond motifs is 1. The Hall–Kier alpha value is -2.93. The van der Waals surface area contributed by atoms with Crippen molar-refractivity contribution in [3.63, 3.8) is 0 Å². The normalized spacial score (nSPS) is 11.1. The molecule has 0 N–H and O–H groups in total. The summed E-state index contributed by atoms with van der Waals surface area (Å²) in [6.45, 7) is 7.78. The van der Waals surface area contributed by atoms with Crippen LogP contribution in [-0.4, -0.2) is 34.3 Å². The predicted octanol–water partition coefficient (Wildman–Crippen LogP) is 3.97. The van der Waals surface area contributed by atoms with Crippen molar-refractivity contribution in [1.29, 1.82) is 0 Å². The van der Waals surface area contributed by atoms with E-state index in [4.69, 9.17) is 9.47 Å². The van der Waals surface area contributed by atoms with Crippen molar-refractivity contribution in [2.45, 2.75) is 27.3 Å². The fraction of sp³-hybridized carbons (Fsp3) is 0.350. The van der Waals surface area contributed by atoms with Gasteiger partial charge in [0.25, 0.3) is 0 Å². The first kappa shape index (κ1) is 18.8. The highest BCUT2D eigenvalue weighted by Crippen LogP contribution is 2.27. The number of aryl methyl sites for hydroxylation is 3. The number of imidazole rings is 1. The zero-order valence-corrected chi connectivity index (χ0v) is 15.8. The van der Waals surface area contributed by atoms with Gasteiger partial charge < -0.3 is 14.0 Å². The summed E-state index contributed by atoms with van der Waals surface area (Å²) in [5.74, 6) is 0.264. The molecule has 0 saturated heterocycles. The van der Waals surface area contributed by atoms with Crippen molar-refractivity contribution in [3.8, 4) is 5.75 Å². The first-order valence-electron chi connectivity index (χ1n) is 8.83. The molecule has 142 valence electrons. The second kappa shape index (κ2) is 8.18. The molecule has 0 unspecified atom stereocenters. The van der Waals surface area contributed by atoms with Crippen LogP contribution in [0.2, 0.25) is 0 Å². The van der Waals surface area contributed by atoms with E-state index in [1.165, 1.54) is 17.2 Å². The number of nitro groups is 1. The molecule has 2 aromatic carbocycles. The molecule has 0 saturated carbocycles. The molecule has 0 aliphatic carbocycles. The van der Waals surface area contributed by atoms with E-state index in [1.807, 2.05) is 13.3 Å². The van der Waals surface area contributed by atoms with Gasteiger partial charge in [-0.1, -0.05) is 6.07 Å². The van der Waals surface area contributed by atoms with Crippen LogP contribution in [-0.2, 0) is 11.3 Å². The smallest absolute Gasteiger partial charge is 0.311 e. The Kier molecular flexibility index (Phi) is 5.71. The van der Waals surface area contributed by atoms with Crippen molar-refractivity contribution in [1.82, 2.24) is 9.55 Å². The van der Waals surface area contributed by atoms with Crippen LogP contribution in [0.4, 0.5) is 5.69 Å². The third-order valence-corrected chi connectivity index (χ3v) is 4.51. The van der Waals surface area contributed by atoms with Gasteiger partial charge >= 0.3 is 5.69 Å². The van der Waals surface area contributed by atoms with Crippen LogP contribution in [0.1, 0.15) is 16.7 Å². The van der Waals surface area contributed by atoms with Crippen LogP contribution < -0.4 is 4.74 Å². The molecule has 0 atom stereocenters. The van der Waals surface area contributed by atoms with Crippen LogP contribution in [0, 0.1) is 30.9 Å². The van der Waals surface area contributed by atoms with E-state index >= 15 is 0 Å². The summed E-state index contributed by atoms with van der Waals surface area (Å²) in [5.41, 5.74) is 5.33. The number of nitro benzene ring substituents is 1. The van der Waals surface area contributed by atoms with E-state index in [0.29, 0.717) is 19.8 Å². The molecule has 1 heterocycles. The Bertz CT molecular complexity index is 965. The fourth-order valence-corrected chi connectivity index (χ4v) is 2.86. The van der Waals surface area contributed by atoms with Crippen molar-refractivity contribution in [2.75, 3.05) is 19.8 Å². The second-order valence-electron chi connectivity index (χ2n) is 6.55. The van der Waals surface area contributed by atoms with Gasteiger partial charge in [-0.3, -0.25) is 10.1 Å². The van der Waals surface area contributed by atoms with Gasteiger partial charge in [0, 0.05) is 12.6 Å². The summed E-state index contributed by atoms with van der Waals surface area (Å²) in [4.78, 5) is 15.1. The van der Waals surface area contributed by atoms with Crippen molar-refractivity contribution < 1.29 is 14.4 Å². The monoisotopic (exact) mass is 369 g/mol. The van der Waals surface area contributed by atoms with Gasteiger partial charge in [0.1, 0.15) is 6.61 Å².